The van der Waals surface area contributed by atoms with Crippen LogP contribution in [-0.4, -0.2) is 69.7 Å². The van der Waals surface area contributed by atoms with E-state index in [-0.39, 0.29) is 11.5 Å². The summed E-state index contributed by atoms with van der Waals surface area (Å²) in [5, 5.41) is 20.4. The largest absolute Gasteiger partial charge is 0.490 e. The SMILES string of the molecule is Nc1ncnc2c1[nH]c[n+]2[C@@H]1O[C@H](COP(=O)(O)OP(=O)(O)OP(=O)(O)O)[C@@H](O)[C@H]1O. The summed E-state index contributed by atoms with van der Waals surface area (Å²) in [6, 6.07) is 0. The number of ether oxygens (including phenoxy) is 1. The van der Waals surface area contributed by atoms with Crippen molar-refractivity contribution in [3.63, 3.8) is 0 Å². The number of anilines is 1. The molecule has 3 heterocycles. The van der Waals surface area contributed by atoms with Crippen LogP contribution in [0, 0.1) is 0 Å². The Balaban J connectivity index is 1.69. The minimum absolute atomic E-state index is 0.0981. The zero-order chi connectivity index (χ0) is 23.2. The molecule has 174 valence electrons. The first kappa shape index (κ1) is 24.3. The number of aliphatic hydroxyl groups excluding tert-OH is 2. The van der Waals surface area contributed by atoms with Crippen molar-refractivity contribution >= 4 is 40.4 Å². The van der Waals surface area contributed by atoms with E-state index in [2.05, 4.69) is 28.1 Å². The second-order valence-corrected chi connectivity index (χ2v) is 10.5. The van der Waals surface area contributed by atoms with Crippen LogP contribution in [0.2, 0.25) is 0 Å². The second kappa shape index (κ2) is 8.53. The van der Waals surface area contributed by atoms with Crippen LogP contribution in [0.4, 0.5) is 5.82 Å². The van der Waals surface area contributed by atoms with Crippen LogP contribution in [0.25, 0.3) is 11.2 Å². The van der Waals surface area contributed by atoms with Gasteiger partial charge in [0.25, 0.3) is 0 Å². The Morgan fingerprint density at radius 3 is 2.42 bits per heavy atom. The molecule has 0 saturated carbocycles. The molecule has 3 rings (SSSR count). The van der Waals surface area contributed by atoms with Gasteiger partial charge in [0.15, 0.2) is 18.5 Å². The van der Waals surface area contributed by atoms with Crippen molar-refractivity contribution in [3.8, 4) is 0 Å². The topological polar surface area (TPSA) is 281 Å². The van der Waals surface area contributed by atoms with Crippen molar-refractivity contribution in [2.45, 2.75) is 24.5 Å². The lowest BCUT2D eigenvalue weighted by Gasteiger charge is -2.18. The third-order valence-corrected chi connectivity index (χ3v) is 7.68. The molecule has 0 radical (unpaired) electrons. The van der Waals surface area contributed by atoms with Gasteiger partial charge < -0.3 is 40.3 Å². The smallest absolute Gasteiger partial charge is 0.387 e. The summed E-state index contributed by atoms with van der Waals surface area (Å²) in [5.74, 6) is 0.0981. The zero-order valence-electron chi connectivity index (χ0n) is 15.0. The van der Waals surface area contributed by atoms with Gasteiger partial charge in [-0.25, -0.2) is 18.3 Å². The lowest BCUT2D eigenvalue weighted by molar-refractivity contribution is -0.745. The number of phosphoric acid groups is 3. The molecular weight excluding hydrogens is 491 g/mol. The third-order valence-electron chi connectivity index (χ3n) is 3.88. The van der Waals surface area contributed by atoms with E-state index in [0.29, 0.717) is 5.52 Å². The van der Waals surface area contributed by atoms with Crippen molar-refractivity contribution in [3.05, 3.63) is 12.7 Å². The minimum Gasteiger partial charge on any atom is -0.387 e. The summed E-state index contributed by atoms with van der Waals surface area (Å²) in [6.07, 6.45) is -3.47. The van der Waals surface area contributed by atoms with Crippen LogP contribution in [0.5, 0.6) is 0 Å². The van der Waals surface area contributed by atoms with Crippen molar-refractivity contribution in [1.29, 1.82) is 0 Å². The predicted molar refractivity (Wildman–Crippen MR) is 94.2 cm³/mol. The molecule has 1 aliphatic rings. The van der Waals surface area contributed by atoms with Crippen molar-refractivity contribution < 1.29 is 65.9 Å². The van der Waals surface area contributed by atoms with Gasteiger partial charge in [-0.3, -0.25) is 9.51 Å². The summed E-state index contributed by atoms with van der Waals surface area (Å²) < 4.78 is 52.0. The molecule has 2 aromatic rings. The molecule has 6 atom stereocenters. The number of nitrogens with one attached hydrogen (secondary N) is 1. The summed E-state index contributed by atoms with van der Waals surface area (Å²) in [5.41, 5.74) is 6.21. The highest BCUT2D eigenvalue weighted by Gasteiger charge is 2.48. The normalized spacial score (nSPS) is 28.5. The van der Waals surface area contributed by atoms with E-state index in [4.69, 9.17) is 25.2 Å². The van der Waals surface area contributed by atoms with Crippen LogP contribution in [0.3, 0.4) is 0 Å². The molecule has 1 saturated heterocycles. The average Bonchev–Trinajstić information content (AvgIpc) is 3.13. The predicted octanol–water partition coefficient (Wildman–Crippen LogP) is -2.21. The number of hydrogen-bond acceptors (Lipinski definition) is 12. The monoisotopic (exact) mass is 508 g/mol. The maximum atomic E-state index is 11.8. The fraction of sp³-hybridized carbons (Fsp3) is 0.500. The van der Waals surface area contributed by atoms with Gasteiger partial charge in [0.2, 0.25) is 11.7 Å². The minimum atomic E-state index is -5.70. The highest BCUT2D eigenvalue weighted by Crippen LogP contribution is 2.66. The van der Waals surface area contributed by atoms with Crippen molar-refractivity contribution in [2.75, 3.05) is 12.3 Å². The maximum Gasteiger partial charge on any atom is 0.490 e. The van der Waals surface area contributed by atoms with Gasteiger partial charge >= 0.3 is 29.1 Å². The summed E-state index contributed by atoms with van der Waals surface area (Å²) >= 11 is 0. The summed E-state index contributed by atoms with van der Waals surface area (Å²) in [4.78, 5) is 46.1. The molecule has 18 nitrogen and oxygen atoms in total. The van der Waals surface area contributed by atoms with Crippen LogP contribution in [0.15, 0.2) is 12.7 Å². The Hall–Kier alpha value is -1.36. The van der Waals surface area contributed by atoms with Gasteiger partial charge in [0.1, 0.15) is 18.3 Å². The second-order valence-electron chi connectivity index (χ2n) is 6.07. The van der Waals surface area contributed by atoms with Crippen LogP contribution >= 0.6 is 23.5 Å². The first-order valence-corrected chi connectivity index (χ1v) is 12.5. The molecule has 2 unspecified atom stereocenters. The first-order chi connectivity index (χ1) is 14.2. The number of aliphatic hydroxyl groups is 2. The van der Waals surface area contributed by atoms with Gasteiger partial charge in [-0.2, -0.15) is 13.6 Å². The maximum absolute atomic E-state index is 11.8. The average molecular weight is 508 g/mol. The van der Waals surface area contributed by atoms with E-state index in [1.807, 2.05) is 0 Å². The number of aromatic nitrogens is 4. The highest BCUT2D eigenvalue weighted by molar-refractivity contribution is 7.66. The number of rotatable bonds is 8. The number of imidazole rings is 1. The van der Waals surface area contributed by atoms with Gasteiger partial charge in [0, 0.05) is 0 Å². The molecule has 21 heteroatoms. The van der Waals surface area contributed by atoms with Crippen molar-refractivity contribution in [1.82, 2.24) is 15.0 Å². The highest BCUT2D eigenvalue weighted by atomic mass is 31.3. The molecule has 31 heavy (non-hydrogen) atoms. The van der Waals surface area contributed by atoms with E-state index in [1.54, 1.807) is 0 Å². The molecule has 0 spiro atoms. The van der Waals surface area contributed by atoms with Gasteiger partial charge in [-0.1, -0.05) is 4.98 Å². The third kappa shape index (κ3) is 5.71. The van der Waals surface area contributed by atoms with E-state index in [0.717, 1.165) is 6.33 Å². The molecule has 9 N–H and O–H groups in total. The standard InChI is InChI=1S/C10H16N5O13P3/c11-8-5-9(13-2-12-8)15(3-14-5)10-7(17)6(16)4(26-10)1-25-30(21,22)28-31(23,24)27-29(18,19)20/h2-4,6-7,10,16-17H,1H2,(H6,11,12,13,18,19,20,21,22,23,24)/p+1/t4-,6-,7-,10-/m1/s1. The van der Waals surface area contributed by atoms with E-state index in [9.17, 15) is 28.8 Å². The van der Waals surface area contributed by atoms with E-state index < -0.39 is 54.6 Å². The Morgan fingerprint density at radius 1 is 1.10 bits per heavy atom. The fourth-order valence-electron chi connectivity index (χ4n) is 2.68. The molecule has 2 aromatic heterocycles. The summed E-state index contributed by atoms with van der Waals surface area (Å²) in [6.45, 7) is -0.946. The molecule has 0 aromatic carbocycles. The van der Waals surface area contributed by atoms with Crippen LogP contribution in [-0.2, 0) is 31.6 Å². The quantitative estimate of drug-likeness (QED) is 0.139. The number of hydrogen-bond donors (Lipinski definition) is 8. The molecule has 0 aliphatic carbocycles. The Kier molecular flexibility index (Phi) is 6.68. The summed E-state index contributed by atoms with van der Waals surface area (Å²) in [7, 11) is -16.7. The Labute approximate surface area is 171 Å². The Morgan fingerprint density at radius 2 is 1.77 bits per heavy atom. The number of H-pyrrole nitrogens is 1. The van der Waals surface area contributed by atoms with Gasteiger partial charge in [-0.15, -0.1) is 0 Å². The van der Waals surface area contributed by atoms with E-state index >= 15 is 0 Å². The lowest BCUT2D eigenvalue weighted by Crippen LogP contribution is -2.45. The number of nitrogen functional groups attached to an aromatic ring is 1. The molecule has 0 amide bonds. The van der Waals surface area contributed by atoms with Gasteiger partial charge in [-0.05, 0) is 0 Å². The number of aromatic amines is 1. The van der Waals surface area contributed by atoms with Crippen LogP contribution < -0.4 is 10.3 Å². The molecule has 1 fully saturated rings. The van der Waals surface area contributed by atoms with Crippen molar-refractivity contribution in [2.24, 2.45) is 0 Å². The lowest BCUT2D eigenvalue weighted by atomic mass is 10.1. The first-order valence-electron chi connectivity index (χ1n) is 7.98. The van der Waals surface area contributed by atoms with Crippen LogP contribution in [0.1, 0.15) is 6.23 Å². The number of phosphoric ester groups is 1. The molecule has 0 bridgehead atoms. The zero-order valence-corrected chi connectivity index (χ0v) is 17.7. The molecular formula is C10H17N5O13P3+. The molecule has 1 aliphatic heterocycles. The van der Waals surface area contributed by atoms with E-state index in [1.165, 1.54) is 10.9 Å². The number of nitrogens with zero attached hydrogens (tertiary/aromatic N) is 3. The van der Waals surface area contributed by atoms with Gasteiger partial charge in [0.05, 0.1) is 6.61 Å². The number of fused-ring (bicyclic) bond motifs is 1. The Bertz CT molecular complexity index is 1100. The number of nitrogens with two attached hydrogens (primary N) is 1. The fourth-order valence-corrected chi connectivity index (χ4v) is 5.71.